The second-order valence-corrected chi connectivity index (χ2v) is 8.52. The zero-order chi connectivity index (χ0) is 19.6. The van der Waals surface area contributed by atoms with E-state index in [2.05, 4.69) is 9.97 Å². The molecule has 4 rings (SSSR count). The summed E-state index contributed by atoms with van der Waals surface area (Å²) >= 11 is 0. The molecule has 0 radical (unpaired) electrons. The van der Waals surface area contributed by atoms with E-state index in [1.807, 2.05) is 16.7 Å². The Balaban J connectivity index is 1.32. The van der Waals surface area contributed by atoms with Gasteiger partial charge >= 0.3 is 0 Å². The van der Waals surface area contributed by atoms with E-state index in [0.29, 0.717) is 37.0 Å². The van der Waals surface area contributed by atoms with Crippen LogP contribution in [0.2, 0.25) is 0 Å². The molecule has 0 aliphatic carbocycles. The van der Waals surface area contributed by atoms with Crippen LogP contribution in [0.5, 0.6) is 0 Å². The summed E-state index contributed by atoms with van der Waals surface area (Å²) in [5, 5.41) is 0. The van der Waals surface area contributed by atoms with E-state index in [0.717, 1.165) is 63.9 Å². The second kappa shape index (κ2) is 8.15. The molecule has 1 aromatic rings. The predicted octanol–water partition coefficient (Wildman–Crippen LogP) is 2.20. The Morgan fingerprint density at radius 2 is 1.86 bits per heavy atom. The summed E-state index contributed by atoms with van der Waals surface area (Å²) in [7, 11) is 0. The lowest BCUT2D eigenvalue weighted by molar-refractivity contribution is -0.140. The molecular weight excluding hydrogens is 356 g/mol. The van der Waals surface area contributed by atoms with Gasteiger partial charge in [-0.3, -0.25) is 14.6 Å². The molecule has 3 aliphatic rings. The second-order valence-electron chi connectivity index (χ2n) is 8.52. The number of hydrogen-bond donors (Lipinski definition) is 0. The van der Waals surface area contributed by atoms with E-state index in [1.165, 1.54) is 0 Å². The van der Waals surface area contributed by atoms with Crippen molar-refractivity contribution < 1.29 is 14.3 Å². The van der Waals surface area contributed by atoms with Crippen molar-refractivity contribution >= 4 is 11.8 Å². The minimum absolute atomic E-state index is 0.0566. The van der Waals surface area contributed by atoms with Crippen molar-refractivity contribution in [3.63, 3.8) is 0 Å². The summed E-state index contributed by atoms with van der Waals surface area (Å²) in [4.78, 5) is 37.5. The van der Waals surface area contributed by atoms with Crippen molar-refractivity contribution in [1.29, 1.82) is 0 Å². The van der Waals surface area contributed by atoms with Crippen LogP contribution >= 0.6 is 0 Å². The van der Waals surface area contributed by atoms with E-state index in [1.54, 1.807) is 12.4 Å². The van der Waals surface area contributed by atoms with Crippen LogP contribution in [0.4, 0.5) is 0 Å². The molecule has 0 aromatic carbocycles. The predicted molar refractivity (Wildman–Crippen MR) is 104 cm³/mol. The highest BCUT2D eigenvalue weighted by Crippen LogP contribution is 2.39. The van der Waals surface area contributed by atoms with Crippen LogP contribution in [0.25, 0.3) is 0 Å². The van der Waals surface area contributed by atoms with Gasteiger partial charge < -0.3 is 14.5 Å². The van der Waals surface area contributed by atoms with Gasteiger partial charge in [0.25, 0.3) is 5.91 Å². The highest BCUT2D eigenvalue weighted by atomic mass is 16.5. The fourth-order valence-corrected chi connectivity index (χ4v) is 4.78. The molecule has 1 aromatic heterocycles. The minimum atomic E-state index is -0.177. The van der Waals surface area contributed by atoms with Crippen molar-refractivity contribution in [3.05, 3.63) is 23.8 Å². The monoisotopic (exact) mass is 386 g/mol. The van der Waals surface area contributed by atoms with Gasteiger partial charge in [-0.2, -0.15) is 0 Å². The van der Waals surface area contributed by atoms with Crippen LogP contribution in [-0.2, 0) is 9.53 Å². The summed E-state index contributed by atoms with van der Waals surface area (Å²) in [6.45, 7) is 5.76. The van der Waals surface area contributed by atoms with Gasteiger partial charge in [-0.05, 0) is 51.4 Å². The van der Waals surface area contributed by atoms with E-state index < -0.39 is 0 Å². The molecule has 1 unspecified atom stereocenters. The molecule has 28 heavy (non-hydrogen) atoms. The Morgan fingerprint density at radius 1 is 1.11 bits per heavy atom. The first-order valence-corrected chi connectivity index (χ1v) is 10.5. The average molecular weight is 386 g/mol. The number of carbonyl (C=O) groups is 2. The van der Waals surface area contributed by atoms with Crippen LogP contribution in [0, 0.1) is 12.8 Å². The summed E-state index contributed by atoms with van der Waals surface area (Å²) < 4.78 is 6.20. The maximum absolute atomic E-state index is 12.7. The van der Waals surface area contributed by atoms with Crippen molar-refractivity contribution in [1.82, 2.24) is 19.8 Å². The van der Waals surface area contributed by atoms with E-state index >= 15 is 0 Å². The summed E-state index contributed by atoms with van der Waals surface area (Å²) in [6, 6.07) is 0. The smallest absolute Gasteiger partial charge is 0.274 e. The number of carbonyl (C=O) groups excluding carboxylic acids is 2. The van der Waals surface area contributed by atoms with Crippen LogP contribution in [-0.4, -0.2) is 70.0 Å². The lowest BCUT2D eigenvalue weighted by atomic mass is 9.78. The van der Waals surface area contributed by atoms with Gasteiger partial charge in [0.15, 0.2) is 0 Å². The van der Waals surface area contributed by atoms with E-state index in [9.17, 15) is 9.59 Å². The quantitative estimate of drug-likeness (QED) is 0.796. The molecule has 7 nitrogen and oxygen atoms in total. The number of likely N-dealkylation sites (tertiary alicyclic amines) is 2. The van der Waals surface area contributed by atoms with Gasteiger partial charge in [0.1, 0.15) is 5.69 Å². The van der Waals surface area contributed by atoms with E-state index in [4.69, 9.17) is 4.74 Å². The molecule has 2 amide bonds. The van der Waals surface area contributed by atoms with E-state index in [-0.39, 0.29) is 11.5 Å². The molecule has 3 fully saturated rings. The minimum Gasteiger partial charge on any atom is -0.375 e. The number of nitrogens with zero attached hydrogens (tertiary/aromatic N) is 4. The molecule has 152 valence electrons. The summed E-state index contributed by atoms with van der Waals surface area (Å²) in [5.74, 6) is 0.649. The fraction of sp³-hybridized carbons (Fsp3) is 0.714. The molecule has 3 aliphatic heterocycles. The zero-order valence-corrected chi connectivity index (χ0v) is 16.7. The molecule has 0 N–H and O–H groups in total. The molecule has 1 atom stereocenters. The Morgan fingerprint density at radius 3 is 2.54 bits per heavy atom. The first-order chi connectivity index (χ1) is 13.5. The SMILES string of the molecule is Cc1cnc(C(=O)N2CCC3(CC2)CC(CC(=O)N2CCCC2)CCO3)cn1. The van der Waals surface area contributed by atoms with Gasteiger partial charge in [0, 0.05) is 45.4 Å². The van der Waals surface area contributed by atoms with Crippen LogP contribution < -0.4 is 0 Å². The maximum atomic E-state index is 12.7. The first kappa shape index (κ1) is 19.3. The molecule has 4 heterocycles. The highest BCUT2D eigenvalue weighted by Gasteiger charge is 2.42. The molecule has 0 bridgehead atoms. The van der Waals surface area contributed by atoms with Gasteiger partial charge in [-0.15, -0.1) is 0 Å². The number of aryl methyl sites for hydroxylation is 1. The number of ether oxygens (including phenoxy) is 1. The Labute approximate surface area is 166 Å². The molecule has 3 saturated heterocycles. The Bertz CT molecular complexity index is 707. The summed E-state index contributed by atoms with van der Waals surface area (Å²) in [6.07, 6.45) is 9.65. The number of amides is 2. The number of piperidine rings is 1. The van der Waals surface area contributed by atoms with Crippen LogP contribution in [0.3, 0.4) is 0 Å². The Hall–Kier alpha value is -2.02. The third-order valence-corrected chi connectivity index (χ3v) is 6.48. The lowest BCUT2D eigenvalue weighted by Crippen LogP contribution is -2.51. The number of rotatable bonds is 3. The third kappa shape index (κ3) is 4.19. The van der Waals surface area contributed by atoms with Crippen molar-refractivity contribution in [2.45, 2.75) is 57.5 Å². The fourth-order valence-electron chi connectivity index (χ4n) is 4.78. The van der Waals surface area contributed by atoms with Gasteiger partial charge in [0.2, 0.25) is 5.91 Å². The topological polar surface area (TPSA) is 75.6 Å². The standard InChI is InChI=1S/C21H30N4O3/c1-16-14-23-18(15-22-16)20(27)25-9-5-21(6-10-25)13-17(4-11-28-21)12-19(26)24-7-2-3-8-24/h14-15,17H,2-13H2,1H3. The van der Waals surface area contributed by atoms with Crippen LogP contribution in [0.15, 0.2) is 12.4 Å². The lowest BCUT2D eigenvalue weighted by Gasteiger charge is -2.46. The normalized spacial score (nSPS) is 24.5. The Kier molecular flexibility index (Phi) is 5.62. The average Bonchev–Trinajstić information content (AvgIpc) is 3.24. The highest BCUT2D eigenvalue weighted by molar-refractivity contribution is 5.92. The van der Waals surface area contributed by atoms with Gasteiger partial charge in [-0.1, -0.05) is 0 Å². The molecule has 0 saturated carbocycles. The summed E-state index contributed by atoms with van der Waals surface area (Å²) in [5.41, 5.74) is 1.03. The number of aromatic nitrogens is 2. The molecule has 7 heteroatoms. The molecule has 1 spiro atoms. The van der Waals surface area contributed by atoms with Crippen molar-refractivity contribution in [2.24, 2.45) is 5.92 Å². The van der Waals surface area contributed by atoms with Crippen LogP contribution in [0.1, 0.15) is 61.1 Å². The van der Waals surface area contributed by atoms with Gasteiger partial charge in [-0.25, -0.2) is 4.98 Å². The van der Waals surface area contributed by atoms with Crippen molar-refractivity contribution in [3.8, 4) is 0 Å². The largest absolute Gasteiger partial charge is 0.375 e. The van der Waals surface area contributed by atoms with Crippen molar-refractivity contribution in [2.75, 3.05) is 32.8 Å². The zero-order valence-electron chi connectivity index (χ0n) is 16.7. The number of hydrogen-bond acceptors (Lipinski definition) is 5. The third-order valence-electron chi connectivity index (χ3n) is 6.48. The maximum Gasteiger partial charge on any atom is 0.274 e. The van der Waals surface area contributed by atoms with Gasteiger partial charge in [0.05, 0.1) is 17.5 Å². The molecular formula is C21H30N4O3. The first-order valence-electron chi connectivity index (χ1n) is 10.5.